The number of para-hydroxylation sites is 1. The summed E-state index contributed by atoms with van der Waals surface area (Å²) in [6.45, 7) is 2.47. The summed E-state index contributed by atoms with van der Waals surface area (Å²) in [6.07, 6.45) is 2.08. The fourth-order valence-electron chi connectivity index (χ4n) is 2.06. The van der Waals surface area contributed by atoms with Gasteiger partial charge in [0.05, 0.1) is 19.0 Å². The largest absolute Gasteiger partial charge is 0.495 e. The third-order valence-corrected chi connectivity index (χ3v) is 2.85. The Bertz CT molecular complexity index is 557. The van der Waals surface area contributed by atoms with E-state index < -0.39 is 5.97 Å². The van der Waals surface area contributed by atoms with Crippen LogP contribution >= 0.6 is 0 Å². The molecule has 0 atom stereocenters. The Balaban J connectivity index is 2.51. The maximum absolute atomic E-state index is 10.6. The number of aliphatic carboxylic acids is 1. The Morgan fingerprint density at radius 2 is 2.24 bits per heavy atom. The average molecular weight is 233 g/mol. The normalized spacial score (nSPS) is 10.7. The molecule has 1 aromatic heterocycles. The van der Waals surface area contributed by atoms with Gasteiger partial charge in [-0.25, -0.2) is 0 Å². The van der Waals surface area contributed by atoms with Gasteiger partial charge in [0.25, 0.3) is 0 Å². The molecule has 2 aromatic rings. The van der Waals surface area contributed by atoms with Gasteiger partial charge in [0.2, 0.25) is 0 Å². The Morgan fingerprint density at radius 3 is 2.88 bits per heavy atom. The highest BCUT2D eigenvalue weighted by Gasteiger charge is 2.10. The van der Waals surface area contributed by atoms with Gasteiger partial charge in [-0.1, -0.05) is 12.1 Å². The van der Waals surface area contributed by atoms with Crippen molar-refractivity contribution < 1.29 is 14.6 Å². The third kappa shape index (κ3) is 2.11. The second kappa shape index (κ2) is 4.49. The molecule has 1 heterocycles. The zero-order valence-electron chi connectivity index (χ0n) is 9.93. The number of aryl methyl sites for hydroxylation is 2. The predicted octanol–water partition coefficient (Wildman–Crippen LogP) is 2.43. The molecule has 17 heavy (non-hydrogen) atoms. The van der Waals surface area contributed by atoms with Crippen molar-refractivity contribution in [2.24, 2.45) is 0 Å². The van der Waals surface area contributed by atoms with Crippen LogP contribution in [0.25, 0.3) is 10.9 Å². The summed E-state index contributed by atoms with van der Waals surface area (Å²) in [7, 11) is 1.62. The molecule has 0 aliphatic heterocycles. The van der Waals surface area contributed by atoms with Gasteiger partial charge in [0.15, 0.2) is 0 Å². The first-order chi connectivity index (χ1) is 8.13. The lowest BCUT2D eigenvalue weighted by molar-refractivity contribution is -0.137. The van der Waals surface area contributed by atoms with Crippen molar-refractivity contribution in [2.75, 3.05) is 7.11 Å². The van der Waals surface area contributed by atoms with Crippen LogP contribution in [0.1, 0.15) is 12.0 Å². The molecule has 90 valence electrons. The summed E-state index contributed by atoms with van der Waals surface area (Å²) in [4.78, 5) is 10.6. The number of carboxylic acid groups (broad SMARTS) is 1. The number of hydrogen-bond donors (Lipinski definition) is 1. The molecule has 0 unspecified atom stereocenters. The quantitative estimate of drug-likeness (QED) is 0.882. The number of aromatic nitrogens is 1. The first kappa shape index (κ1) is 11.5. The van der Waals surface area contributed by atoms with E-state index in [1.54, 1.807) is 7.11 Å². The standard InChI is InChI=1S/C13H15NO3/c1-9-8-14(7-6-12(15)16)13-10(9)4-3-5-11(13)17-2/h3-5,8H,6-7H2,1-2H3,(H,15,16). The van der Waals surface area contributed by atoms with Gasteiger partial charge < -0.3 is 14.4 Å². The lowest BCUT2D eigenvalue weighted by Gasteiger charge is -2.07. The molecule has 1 N–H and O–H groups in total. The van der Waals surface area contributed by atoms with Crippen molar-refractivity contribution in [1.82, 2.24) is 4.57 Å². The zero-order chi connectivity index (χ0) is 12.4. The number of carbonyl (C=O) groups is 1. The lowest BCUT2D eigenvalue weighted by Crippen LogP contribution is -2.03. The van der Waals surface area contributed by atoms with E-state index >= 15 is 0 Å². The molecule has 4 heteroatoms. The first-order valence-electron chi connectivity index (χ1n) is 5.47. The molecule has 0 spiro atoms. The van der Waals surface area contributed by atoms with Crippen molar-refractivity contribution in [1.29, 1.82) is 0 Å². The highest BCUT2D eigenvalue weighted by Crippen LogP contribution is 2.29. The topological polar surface area (TPSA) is 51.5 Å². The van der Waals surface area contributed by atoms with Crippen LogP contribution in [0.2, 0.25) is 0 Å². The maximum atomic E-state index is 10.6. The number of fused-ring (bicyclic) bond motifs is 1. The monoisotopic (exact) mass is 233 g/mol. The van der Waals surface area contributed by atoms with Crippen molar-refractivity contribution in [3.05, 3.63) is 30.0 Å². The summed E-state index contributed by atoms with van der Waals surface area (Å²) in [5.41, 5.74) is 2.10. The second-order valence-corrected chi connectivity index (χ2v) is 4.01. The molecule has 0 amide bonds. The van der Waals surface area contributed by atoms with E-state index in [1.807, 2.05) is 35.9 Å². The molecule has 0 saturated heterocycles. The predicted molar refractivity (Wildman–Crippen MR) is 65.5 cm³/mol. The summed E-state index contributed by atoms with van der Waals surface area (Å²) in [6, 6.07) is 5.85. The van der Waals surface area contributed by atoms with Crippen LogP contribution < -0.4 is 4.74 Å². The number of carboxylic acids is 1. The van der Waals surface area contributed by atoms with Crippen LogP contribution in [-0.2, 0) is 11.3 Å². The Morgan fingerprint density at radius 1 is 1.47 bits per heavy atom. The summed E-state index contributed by atoms with van der Waals surface area (Å²) >= 11 is 0. The van der Waals surface area contributed by atoms with Crippen molar-refractivity contribution in [3.8, 4) is 5.75 Å². The van der Waals surface area contributed by atoms with E-state index in [9.17, 15) is 4.79 Å². The van der Waals surface area contributed by atoms with Crippen molar-refractivity contribution in [2.45, 2.75) is 19.9 Å². The fraction of sp³-hybridized carbons (Fsp3) is 0.308. The molecule has 2 rings (SSSR count). The Kier molecular flexibility index (Phi) is 3.04. The number of methoxy groups -OCH3 is 1. The van der Waals surface area contributed by atoms with E-state index in [0.29, 0.717) is 6.54 Å². The maximum Gasteiger partial charge on any atom is 0.305 e. The van der Waals surface area contributed by atoms with Gasteiger partial charge in [-0.2, -0.15) is 0 Å². The molecule has 4 nitrogen and oxygen atoms in total. The Labute approximate surface area is 99.4 Å². The minimum Gasteiger partial charge on any atom is -0.495 e. The van der Waals surface area contributed by atoms with Gasteiger partial charge >= 0.3 is 5.97 Å². The first-order valence-corrected chi connectivity index (χ1v) is 5.47. The van der Waals surface area contributed by atoms with Gasteiger partial charge in [-0.15, -0.1) is 0 Å². The van der Waals surface area contributed by atoms with Crippen LogP contribution in [0, 0.1) is 6.92 Å². The van der Waals surface area contributed by atoms with Crippen LogP contribution in [0.5, 0.6) is 5.75 Å². The fourth-order valence-corrected chi connectivity index (χ4v) is 2.06. The van der Waals surface area contributed by atoms with E-state index in [-0.39, 0.29) is 6.42 Å². The molecule has 0 radical (unpaired) electrons. The number of rotatable bonds is 4. The number of ether oxygens (including phenoxy) is 1. The summed E-state index contributed by atoms with van der Waals surface area (Å²) in [5.74, 6) is -0.0135. The molecule has 0 fully saturated rings. The zero-order valence-corrected chi connectivity index (χ0v) is 9.93. The number of nitrogens with zero attached hydrogens (tertiary/aromatic N) is 1. The highest BCUT2D eigenvalue weighted by molar-refractivity contribution is 5.89. The molecular formula is C13H15NO3. The average Bonchev–Trinajstić information content (AvgIpc) is 2.64. The lowest BCUT2D eigenvalue weighted by atomic mass is 10.2. The summed E-state index contributed by atoms with van der Waals surface area (Å²) < 4.78 is 7.26. The second-order valence-electron chi connectivity index (χ2n) is 4.01. The van der Waals surface area contributed by atoms with Crippen LogP contribution in [0.3, 0.4) is 0 Å². The molecule has 0 bridgehead atoms. The number of hydrogen-bond acceptors (Lipinski definition) is 2. The van der Waals surface area contributed by atoms with Gasteiger partial charge in [0.1, 0.15) is 5.75 Å². The van der Waals surface area contributed by atoms with Crippen LogP contribution in [0.15, 0.2) is 24.4 Å². The van der Waals surface area contributed by atoms with Crippen LogP contribution in [0.4, 0.5) is 0 Å². The van der Waals surface area contributed by atoms with Crippen molar-refractivity contribution >= 4 is 16.9 Å². The van der Waals surface area contributed by atoms with Gasteiger partial charge in [-0.05, 0) is 18.6 Å². The molecule has 0 aliphatic carbocycles. The van der Waals surface area contributed by atoms with Crippen molar-refractivity contribution in [3.63, 3.8) is 0 Å². The Hall–Kier alpha value is -1.97. The van der Waals surface area contributed by atoms with E-state index in [4.69, 9.17) is 9.84 Å². The third-order valence-electron chi connectivity index (χ3n) is 2.85. The van der Waals surface area contributed by atoms with Gasteiger partial charge in [0, 0.05) is 18.1 Å². The minimum atomic E-state index is -0.792. The summed E-state index contributed by atoms with van der Waals surface area (Å²) in [5, 5.41) is 9.84. The number of benzene rings is 1. The van der Waals surface area contributed by atoms with Gasteiger partial charge in [-0.3, -0.25) is 4.79 Å². The highest BCUT2D eigenvalue weighted by atomic mass is 16.5. The smallest absolute Gasteiger partial charge is 0.305 e. The SMILES string of the molecule is COc1cccc2c(C)cn(CCC(=O)O)c12. The van der Waals surface area contributed by atoms with Crippen LogP contribution in [-0.4, -0.2) is 22.8 Å². The molecular weight excluding hydrogens is 218 g/mol. The molecule has 0 aliphatic rings. The van der Waals surface area contributed by atoms with E-state index in [1.165, 1.54) is 0 Å². The molecule has 0 saturated carbocycles. The minimum absolute atomic E-state index is 0.112. The van der Waals surface area contributed by atoms with E-state index in [2.05, 4.69) is 0 Å². The molecule has 1 aromatic carbocycles. The van der Waals surface area contributed by atoms with E-state index in [0.717, 1.165) is 22.2 Å².